The van der Waals surface area contributed by atoms with Gasteiger partial charge in [0, 0.05) is 4.88 Å². The van der Waals surface area contributed by atoms with Gasteiger partial charge in [0.05, 0.1) is 16.1 Å². The Morgan fingerprint density at radius 2 is 1.87 bits per heavy atom. The largest absolute Gasteiger partial charge is 0.478 e. The molecule has 6 nitrogen and oxygen atoms in total. The molecule has 1 saturated heterocycles. The molecule has 1 aromatic carbocycles. The number of carboxylic acid groups (broad SMARTS) is 1. The van der Waals surface area contributed by atoms with Gasteiger partial charge in [-0.1, -0.05) is 18.2 Å². The van der Waals surface area contributed by atoms with E-state index in [1.54, 1.807) is 18.2 Å². The Kier molecular flexibility index (Phi) is 5.72. The van der Waals surface area contributed by atoms with E-state index in [-0.39, 0.29) is 24.0 Å². The molecule has 1 aliphatic carbocycles. The topological polar surface area (TPSA) is 84.9 Å². The first-order valence-corrected chi connectivity index (χ1v) is 10.4. The molecule has 0 radical (unpaired) electrons. The third kappa shape index (κ3) is 4.16. The summed E-state index contributed by atoms with van der Waals surface area (Å²) in [6.07, 6.45) is 8.56. The van der Waals surface area contributed by atoms with E-state index >= 15 is 0 Å². The van der Waals surface area contributed by atoms with Gasteiger partial charge in [-0.25, -0.2) is 4.79 Å². The molecule has 0 bridgehead atoms. The molecular weight excluding hydrogens is 402 g/mol. The highest BCUT2D eigenvalue weighted by Crippen LogP contribution is 2.34. The lowest BCUT2D eigenvalue weighted by molar-refractivity contribution is 0.0698. The van der Waals surface area contributed by atoms with Crippen molar-refractivity contribution in [2.24, 2.45) is 0 Å². The first-order valence-electron chi connectivity index (χ1n) is 9.62. The lowest BCUT2D eigenvalue weighted by atomic mass is 10.0. The normalized spacial score (nSPS) is 19.3. The van der Waals surface area contributed by atoms with Gasteiger partial charge in [0.15, 0.2) is 11.5 Å². The van der Waals surface area contributed by atoms with E-state index < -0.39 is 5.97 Å². The van der Waals surface area contributed by atoms with Crippen LogP contribution in [0.15, 0.2) is 60.1 Å². The van der Waals surface area contributed by atoms with Crippen LogP contribution in [0, 0.1) is 6.92 Å². The molecule has 2 aromatic rings. The van der Waals surface area contributed by atoms with Crippen LogP contribution in [0.2, 0.25) is 0 Å². The number of hydrogen-bond donors (Lipinski definition) is 2. The molecule has 2 heterocycles. The fraction of sp³-hybridized carbons (Fsp3) is 0.217. The molecule has 1 aromatic heterocycles. The maximum absolute atomic E-state index is 12.8. The number of rotatable bonds is 4. The number of carbonyl (C=O) groups is 2. The van der Waals surface area contributed by atoms with Crippen LogP contribution in [0.25, 0.3) is 5.57 Å². The maximum atomic E-state index is 12.8. The number of aryl methyl sites for hydroxylation is 1. The van der Waals surface area contributed by atoms with E-state index in [2.05, 4.69) is 11.4 Å². The number of carboxylic acids is 1. The summed E-state index contributed by atoms with van der Waals surface area (Å²) in [5, 5.41) is 12.0. The number of hydrogen-bond acceptors (Lipinski definition) is 5. The molecule has 4 rings (SSSR count). The molecule has 0 saturated carbocycles. The predicted octanol–water partition coefficient (Wildman–Crippen LogP) is 5.35. The van der Waals surface area contributed by atoms with Gasteiger partial charge in [0.1, 0.15) is 0 Å². The van der Waals surface area contributed by atoms with Crippen molar-refractivity contribution in [1.82, 2.24) is 0 Å². The molecule has 2 aliphatic rings. The second kappa shape index (κ2) is 8.59. The third-order valence-corrected chi connectivity index (χ3v) is 6.23. The molecule has 0 atom stereocenters. The van der Waals surface area contributed by atoms with E-state index in [1.165, 1.54) is 23.0 Å². The fourth-order valence-electron chi connectivity index (χ4n) is 3.47. The molecular formula is C23H21NO5S. The number of benzene rings is 1. The van der Waals surface area contributed by atoms with Crippen LogP contribution in [0.3, 0.4) is 0 Å². The molecule has 7 heteroatoms. The Morgan fingerprint density at radius 3 is 2.67 bits per heavy atom. The molecule has 1 amide bonds. The highest BCUT2D eigenvalue weighted by atomic mass is 32.1. The van der Waals surface area contributed by atoms with Gasteiger partial charge in [-0.05, 0) is 67.7 Å². The van der Waals surface area contributed by atoms with E-state index in [9.17, 15) is 14.7 Å². The number of para-hydroxylation sites is 1. The summed E-state index contributed by atoms with van der Waals surface area (Å²) in [7, 11) is 0. The summed E-state index contributed by atoms with van der Waals surface area (Å²) in [6, 6.07) is 8.24. The quantitative estimate of drug-likeness (QED) is 0.693. The Hall–Kier alpha value is -3.32. The SMILES string of the molecule is Cc1cc(C(=O)Nc2ccccc2C(=O)O)sc1/C1=C/CC=C2OCO/C2=C/CC1. The number of nitrogens with one attached hydrogen (secondary N) is 1. The minimum Gasteiger partial charge on any atom is -0.478 e. The molecule has 0 spiro atoms. The molecule has 2 N–H and O–H groups in total. The van der Waals surface area contributed by atoms with Gasteiger partial charge in [0.25, 0.3) is 5.91 Å². The third-order valence-electron chi connectivity index (χ3n) is 4.92. The number of fused-ring (bicyclic) bond motifs is 1. The fourth-order valence-corrected chi connectivity index (χ4v) is 4.60. The summed E-state index contributed by atoms with van der Waals surface area (Å²) < 4.78 is 11.0. The van der Waals surface area contributed by atoms with Crippen molar-refractivity contribution in [2.75, 3.05) is 12.1 Å². The van der Waals surface area contributed by atoms with Crippen LogP contribution in [0.4, 0.5) is 5.69 Å². The Balaban J connectivity index is 1.55. The first-order chi connectivity index (χ1) is 14.5. The average molecular weight is 423 g/mol. The van der Waals surface area contributed by atoms with Crippen LogP contribution in [0.5, 0.6) is 0 Å². The molecule has 1 fully saturated rings. The number of ether oxygens (including phenoxy) is 2. The minimum absolute atomic E-state index is 0.0642. The van der Waals surface area contributed by atoms with Crippen molar-refractivity contribution < 1.29 is 24.2 Å². The van der Waals surface area contributed by atoms with E-state index in [1.807, 2.05) is 25.1 Å². The number of carbonyl (C=O) groups excluding carboxylic acids is 1. The standard InChI is InChI=1S/C23H21NO5S/c1-14-12-20(22(25)24-17-9-3-2-8-16(17)23(26)27)30-21(14)15-6-4-10-18-19(11-5-7-15)29-13-28-18/h2-3,6,8-12H,4-5,7,13H2,1H3,(H,24,25)(H,26,27)/b15-6+,18-10?,19-11+. The van der Waals surface area contributed by atoms with Crippen LogP contribution in [-0.2, 0) is 9.47 Å². The van der Waals surface area contributed by atoms with Gasteiger partial charge in [-0.3, -0.25) is 4.79 Å². The van der Waals surface area contributed by atoms with Crippen molar-refractivity contribution in [1.29, 1.82) is 0 Å². The van der Waals surface area contributed by atoms with Gasteiger partial charge in [-0.2, -0.15) is 0 Å². The zero-order chi connectivity index (χ0) is 21.1. The molecule has 1 aliphatic heterocycles. The van der Waals surface area contributed by atoms with Crippen molar-refractivity contribution in [2.45, 2.75) is 26.2 Å². The lowest BCUT2D eigenvalue weighted by Gasteiger charge is -2.07. The summed E-state index contributed by atoms with van der Waals surface area (Å²) in [4.78, 5) is 25.8. The number of amides is 1. The number of allylic oxidation sites excluding steroid dienone is 4. The zero-order valence-corrected chi connectivity index (χ0v) is 17.3. The zero-order valence-electron chi connectivity index (χ0n) is 16.4. The number of anilines is 1. The van der Waals surface area contributed by atoms with Crippen molar-refractivity contribution >= 4 is 34.5 Å². The maximum Gasteiger partial charge on any atom is 0.337 e. The number of thiophene rings is 1. The van der Waals surface area contributed by atoms with Crippen molar-refractivity contribution in [3.05, 3.63) is 81.0 Å². The molecule has 30 heavy (non-hydrogen) atoms. The molecule has 0 unspecified atom stereocenters. The average Bonchev–Trinajstić information content (AvgIpc) is 3.34. The second-order valence-corrected chi connectivity index (χ2v) is 8.03. The van der Waals surface area contributed by atoms with Gasteiger partial charge < -0.3 is 19.9 Å². The summed E-state index contributed by atoms with van der Waals surface area (Å²) in [5.74, 6) is 0.190. The Labute approximate surface area is 178 Å². The minimum atomic E-state index is -1.08. The van der Waals surface area contributed by atoms with Crippen molar-refractivity contribution in [3.8, 4) is 0 Å². The summed E-state index contributed by atoms with van der Waals surface area (Å²) >= 11 is 1.42. The van der Waals surface area contributed by atoms with Crippen LogP contribution >= 0.6 is 11.3 Å². The Bertz CT molecular complexity index is 1090. The van der Waals surface area contributed by atoms with Crippen LogP contribution in [0.1, 0.15) is 49.7 Å². The first kappa shape index (κ1) is 20.0. The summed E-state index contributed by atoms with van der Waals surface area (Å²) in [6.45, 7) is 2.25. The molecule has 154 valence electrons. The lowest BCUT2D eigenvalue weighted by Crippen LogP contribution is -2.13. The predicted molar refractivity (Wildman–Crippen MR) is 115 cm³/mol. The smallest absolute Gasteiger partial charge is 0.337 e. The van der Waals surface area contributed by atoms with E-state index in [0.29, 0.717) is 4.88 Å². The number of aromatic carboxylic acids is 1. The monoisotopic (exact) mass is 423 g/mol. The van der Waals surface area contributed by atoms with Crippen molar-refractivity contribution in [3.63, 3.8) is 0 Å². The highest BCUT2D eigenvalue weighted by Gasteiger charge is 2.20. The van der Waals surface area contributed by atoms with Crippen LogP contribution < -0.4 is 5.32 Å². The van der Waals surface area contributed by atoms with Gasteiger partial charge >= 0.3 is 5.97 Å². The van der Waals surface area contributed by atoms with Gasteiger partial charge in [-0.15, -0.1) is 11.3 Å². The van der Waals surface area contributed by atoms with E-state index in [0.717, 1.165) is 41.2 Å². The highest BCUT2D eigenvalue weighted by molar-refractivity contribution is 7.15. The van der Waals surface area contributed by atoms with E-state index in [4.69, 9.17) is 9.47 Å². The second-order valence-electron chi connectivity index (χ2n) is 6.97. The van der Waals surface area contributed by atoms with Crippen LogP contribution in [-0.4, -0.2) is 23.8 Å². The van der Waals surface area contributed by atoms with Gasteiger partial charge in [0.2, 0.25) is 6.79 Å². The Morgan fingerprint density at radius 1 is 1.10 bits per heavy atom. The summed E-state index contributed by atoms with van der Waals surface area (Å²) in [5.41, 5.74) is 2.55.